The Bertz CT molecular complexity index is 759. The standard InChI is InChI=1S/C16H11NO4/c18-13(10-20-16(19)11-5-7-17-8-6-11)15-9-12-3-1-2-4-14(12)21-15/h1-9H,10H2. The predicted octanol–water partition coefficient (Wildman–Crippen LogP) is 2.87. The average molecular weight is 281 g/mol. The lowest BCUT2D eigenvalue weighted by molar-refractivity contribution is 0.0468. The SMILES string of the molecule is O=C(OCC(=O)c1cc2ccccc2o1)c1ccncc1. The van der Waals surface area contributed by atoms with Gasteiger partial charge in [-0.2, -0.15) is 0 Å². The minimum atomic E-state index is -0.568. The van der Waals surface area contributed by atoms with Gasteiger partial charge >= 0.3 is 5.97 Å². The lowest BCUT2D eigenvalue weighted by atomic mass is 10.2. The number of ether oxygens (including phenoxy) is 1. The summed E-state index contributed by atoms with van der Waals surface area (Å²) < 4.78 is 10.4. The molecule has 0 bridgehead atoms. The van der Waals surface area contributed by atoms with Crippen LogP contribution in [0.15, 0.2) is 59.3 Å². The zero-order chi connectivity index (χ0) is 14.7. The van der Waals surface area contributed by atoms with Gasteiger partial charge in [0.05, 0.1) is 5.56 Å². The van der Waals surface area contributed by atoms with Crippen molar-refractivity contribution in [1.82, 2.24) is 4.98 Å². The van der Waals surface area contributed by atoms with E-state index in [-0.39, 0.29) is 18.2 Å². The molecule has 0 aliphatic carbocycles. The van der Waals surface area contributed by atoms with Crippen LogP contribution < -0.4 is 0 Å². The first kappa shape index (κ1) is 13.1. The molecule has 3 rings (SSSR count). The number of esters is 1. The lowest BCUT2D eigenvalue weighted by Crippen LogP contribution is -2.13. The molecule has 0 atom stereocenters. The lowest BCUT2D eigenvalue weighted by Gasteiger charge is -2.02. The second kappa shape index (κ2) is 5.58. The van der Waals surface area contributed by atoms with Gasteiger partial charge in [-0.3, -0.25) is 9.78 Å². The molecule has 104 valence electrons. The van der Waals surface area contributed by atoms with Gasteiger partial charge in [-0.15, -0.1) is 0 Å². The zero-order valence-electron chi connectivity index (χ0n) is 11.0. The van der Waals surface area contributed by atoms with Gasteiger partial charge < -0.3 is 9.15 Å². The van der Waals surface area contributed by atoms with E-state index in [0.717, 1.165) is 5.39 Å². The molecular formula is C16H11NO4. The molecular weight excluding hydrogens is 270 g/mol. The Hall–Kier alpha value is -2.95. The summed E-state index contributed by atoms with van der Waals surface area (Å²) in [5.74, 6) is -0.769. The average Bonchev–Trinajstić information content (AvgIpc) is 2.97. The zero-order valence-corrected chi connectivity index (χ0v) is 11.0. The van der Waals surface area contributed by atoms with Crippen molar-refractivity contribution in [3.63, 3.8) is 0 Å². The molecule has 0 spiro atoms. The number of fused-ring (bicyclic) bond motifs is 1. The van der Waals surface area contributed by atoms with Crippen LogP contribution in [0.2, 0.25) is 0 Å². The number of Topliss-reactive ketones (excluding diaryl/α,β-unsaturated/α-hetero) is 1. The molecule has 0 aliphatic heterocycles. The molecule has 3 aromatic rings. The topological polar surface area (TPSA) is 69.4 Å². The highest BCUT2D eigenvalue weighted by Crippen LogP contribution is 2.19. The second-order valence-corrected chi connectivity index (χ2v) is 4.38. The fourth-order valence-electron chi connectivity index (χ4n) is 1.89. The van der Waals surface area contributed by atoms with Crippen molar-refractivity contribution in [1.29, 1.82) is 0 Å². The van der Waals surface area contributed by atoms with E-state index in [1.165, 1.54) is 24.5 Å². The summed E-state index contributed by atoms with van der Waals surface area (Å²) in [4.78, 5) is 27.5. The third-order valence-electron chi connectivity index (χ3n) is 2.95. The van der Waals surface area contributed by atoms with Crippen LogP contribution in [0.3, 0.4) is 0 Å². The molecule has 2 heterocycles. The monoisotopic (exact) mass is 281 g/mol. The van der Waals surface area contributed by atoms with Gasteiger partial charge in [0.25, 0.3) is 0 Å². The summed E-state index contributed by atoms with van der Waals surface area (Å²) in [7, 11) is 0. The van der Waals surface area contributed by atoms with Gasteiger partial charge in [-0.1, -0.05) is 18.2 Å². The molecule has 21 heavy (non-hydrogen) atoms. The van der Waals surface area contributed by atoms with Gasteiger partial charge in [-0.25, -0.2) is 4.79 Å². The van der Waals surface area contributed by atoms with E-state index in [1.807, 2.05) is 18.2 Å². The summed E-state index contributed by atoms with van der Waals surface area (Å²) in [6.45, 7) is -0.360. The van der Waals surface area contributed by atoms with E-state index in [4.69, 9.17) is 9.15 Å². The number of para-hydroxylation sites is 1. The van der Waals surface area contributed by atoms with Crippen molar-refractivity contribution in [3.8, 4) is 0 Å². The first-order valence-corrected chi connectivity index (χ1v) is 6.33. The quantitative estimate of drug-likeness (QED) is 0.543. The number of pyridine rings is 1. The number of benzene rings is 1. The van der Waals surface area contributed by atoms with Crippen molar-refractivity contribution >= 4 is 22.7 Å². The number of carbonyl (C=O) groups excluding carboxylic acids is 2. The largest absolute Gasteiger partial charge is 0.454 e. The summed E-state index contributed by atoms with van der Waals surface area (Å²) in [5, 5.41) is 0.835. The molecule has 0 aliphatic rings. The highest BCUT2D eigenvalue weighted by Gasteiger charge is 2.15. The van der Waals surface area contributed by atoms with Gasteiger partial charge in [0.2, 0.25) is 5.78 Å². The van der Waals surface area contributed by atoms with Gasteiger partial charge in [0.15, 0.2) is 12.4 Å². The number of hydrogen-bond donors (Lipinski definition) is 0. The molecule has 0 radical (unpaired) electrons. The Labute approximate surface area is 120 Å². The van der Waals surface area contributed by atoms with E-state index < -0.39 is 5.97 Å². The molecule has 2 aromatic heterocycles. The van der Waals surface area contributed by atoms with Gasteiger partial charge in [-0.05, 0) is 24.3 Å². The third-order valence-corrected chi connectivity index (χ3v) is 2.95. The molecule has 0 saturated heterocycles. The first-order chi connectivity index (χ1) is 10.2. The van der Waals surface area contributed by atoms with E-state index in [0.29, 0.717) is 11.1 Å². The number of hydrogen-bond acceptors (Lipinski definition) is 5. The number of carbonyl (C=O) groups is 2. The maximum Gasteiger partial charge on any atom is 0.338 e. The van der Waals surface area contributed by atoms with Crippen LogP contribution in [0.25, 0.3) is 11.0 Å². The maximum atomic E-state index is 12.0. The minimum Gasteiger partial charge on any atom is -0.454 e. The fourth-order valence-corrected chi connectivity index (χ4v) is 1.89. The van der Waals surface area contributed by atoms with Gasteiger partial charge in [0, 0.05) is 17.8 Å². The Balaban J connectivity index is 1.68. The van der Waals surface area contributed by atoms with Crippen LogP contribution in [0, 0.1) is 0 Å². The number of rotatable bonds is 4. The third kappa shape index (κ3) is 2.81. The molecule has 0 N–H and O–H groups in total. The smallest absolute Gasteiger partial charge is 0.338 e. The summed E-state index contributed by atoms with van der Waals surface area (Å²) in [5.41, 5.74) is 0.976. The highest BCUT2D eigenvalue weighted by molar-refractivity contribution is 6.00. The van der Waals surface area contributed by atoms with Crippen LogP contribution in [0.4, 0.5) is 0 Å². The number of ketones is 1. The van der Waals surface area contributed by atoms with Crippen LogP contribution in [-0.4, -0.2) is 23.3 Å². The number of aromatic nitrogens is 1. The fraction of sp³-hybridized carbons (Fsp3) is 0.0625. The molecule has 0 fully saturated rings. The Morgan fingerprint density at radius 3 is 2.62 bits per heavy atom. The van der Waals surface area contributed by atoms with Crippen molar-refractivity contribution < 1.29 is 18.7 Å². The van der Waals surface area contributed by atoms with Crippen molar-refractivity contribution in [2.75, 3.05) is 6.61 Å². The predicted molar refractivity (Wildman–Crippen MR) is 75.1 cm³/mol. The van der Waals surface area contributed by atoms with E-state index in [1.54, 1.807) is 12.1 Å². The summed E-state index contributed by atoms with van der Waals surface area (Å²) in [6.07, 6.45) is 2.97. The Kier molecular flexibility index (Phi) is 3.47. The van der Waals surface area contributed by atoms with E-state index in [2.05, 4.69) is 4.98 Å². The first-order valence-electron chi connectivity index (χ1n) is 6.33. The van der Waals surface area contributed by atoms with Crippen molar-refractivity contribution in [2.24, 2.45) is 0 Å². The molecule has 0 saturated carbocycles. The second-order valence-electron chi connectivity index (χ2n) is 4.38. The Morgan fingerprint density at radius 1 is 1.10 bits per heavy atom. The summed E-state index contributed by atoms with van der Waals surface area (Å²) in [6, 6.07) is 12.0. The molecule has 1 aromatic carbocycles. The molecule has 5 nitrogen and oxygen atoms in total. The summed E-state index contributed by atoms with van der Waals surface area (Å²) >= 11 is 0. The van der Waals surface area contributed by atoms with Gasteiger partial charge in [0.1, 0.15) is 5.58 Å². The maximum absolute atomic E-state index is 12.0. The molecule has 5 heteroatoms. The van der Waals surface area contributed by atoms with Crippen LogP contribution >= 0.6 is 0 Å². The van der Waals surface area contributed by atoms with Crippen molar-refractivity contribution in [2.45, 2.75) is 0 Å². The van der Waals surface area contributed by atoms with Crippen molar-refractivity contribution in [3.05, 3.63) is 66.2 Å². The number of nitrogens with zero attached hydrogens (tertiary/aromatic N) is 1. The van der Waals surface area contributed by atoms with Crippen LogP contribution in [-0.2, 0) is 4.74 Å². The molecule has 0 amide bonds. The van der Waals surface area contributed by atoms with Crippen LogP contribution in [0.5, 0.6) is 0 Å². The number of furan rings is 1. The van der Waals surface area contributed by atoms with E-state index in [9.17, 15) is 9.59 Å². The normalized spacial score (nSPS) is 10.5. The van der Waals surface area contributed by atoms with E-state index >= 15 is 0 Å². The Morgan fingerprint density at radius 2 is 1.86 bits per heavy atom. The minimum absolute atomic E-state index is 0.179. The molecule has 0 unspecified atom stereocenters. The van der Waals surface area contributed by atoms with Crippen LogP contribution in [0.1, 0.15) is 20.9 Å². The highest BCUT2D eigenvalue weighted by atomic mass is 16.5.